The lowest BCUT2D eigenvalue weighted by Gasteiger charge is -2.25. The standard InChI is InChI=1S/C18H18ClFN2O2/c19-15-9-13(5-6-16(15)20)14-3-1-2-4-17(14)22(18(23)24)11-12-7-8-21-10-12/h1-6,9,12,21H,7-8,10-11H2,(H,23,24). The van der Waals surface area contributed by atoms with Crippen LogP contribution >= 0.6 is 11.6 Å². The number of anilines is 1. The van der Waals surface area contributed by atoms with Gasteiger partial charge in [-0.2, -0.15) is 0 Å². The zero-order valence-corrected chi connectivity index (χ0v) is 13.8. The van der Waals surface area contributed by atoms with Crippen molar-refractivity contribution in [1.82, 2.24) is 5.32 Å². The smallest absolute Gasteiger partial charge is 0.411 e. The Morgan fingerprint density at radius 3 is 2.79 bits per heavy atom. The fourth-order valence-corrected chi connectivity index (χ4v) is 3.21. The topological polar surface area (TPSA) is 52.6 Å². The number of para-hydroxylation sites is 1. The van der Waals surface area contributed by atoms with Gasteiger partial charge in [-0.05, 0) is 49.2 Å². The van der Waals surface area contributed by atoms with Crippen molar-refractivity contribution in [2.45, 2.75) is 6.42 Å². The van der Waals surface area contributed by atoms with Gasteiger partial charge < -0.3 is 10.4 Å². The summed E-state index contributed by atoms with van der Waals surface area (Å²) in [6.45, 7) is 2.15. The average Bonchev–Trinajstić information content (AvgIpc) is 3.08. The number of halogens is 2. The molecule has 1 unspecified atom stereocenters. The van der Waals surface area contributed by atoms with Gasteiger partial charge in [0.05, 0.1) is 10.7 Å². The van der Waals surface area contributed by atoms with Gasteiger partial charge in [-0.15, -0.1) is 0 Å². The van der Waals surface area contributed by atoms with Crippen LogP contribution in [0.5, 0.6) is 0 Å². The lowest BCUT2D eigenvalue weighted by Crippen LogP contribution is -2.35. The van der Waals surface area contributed by atoms with Crippen LogP contribution in [0.1, 0.15) is 6.42 Å². The molecule has 2 aromatic carbocycles. The van der Waals surface area contributed by atoms with Crippen LogP contribution in [0.25, 0.3) is 11.1 Å². The molecule has 2 aromatic rings. The number of nitrogens with one attached hydrogen (secondary N) is 1. The third kappa shape index (κ3) is 3.52. The molecule has 1 heterocycles. The van der Waals surface area contributed by atoms with Crippen LogP contribution in [0.15, 0.2) is 42.5 Å². The highest BCUT2D eigenvalue weighted by Crippen LogP contribution is 2.33. The van der Waals surface area contributed by atoms with E-state index < -0.39 is 11.9 Å². The zero-order chi connectivity index (χ0) is 17.1. The van der Waals surface area contributed by atoms with Crippen molar-refractivity contribution >= 4 is 23.4 Å². The van der Waals surface area contributed by atoms with Crippen molar-refractivity contribution in [3.63, 3.8) is 0 Å². The first kappa shape index (κ1) is 16.7. The van der Waals surface area contributed by atoms with E-state index in [-0.39, 0.29) is 10.9 Å². The molecule has 126 valence electrons. The molecule has 0 bridgehead atoms. The summed E-state index contributed by atoms with van der Waals surface area (Å²) in [4.78, 5) is 13.2. The molecule has 1 saturated heterocycles. The third-order valence-corrected chi connectivity index (χ3v) is 4.55. The van der Waals surface area contributed by atoms with E-state index in [4.69, 9.17) is 11.6 Å². The molecular formula is C18H18ClFN2O2. The molecule has 2 N–H and O–H groups in total. The highest BCUT2D eigenvalue weighted by atomic mass is 35.5. The monoisotopic (exact) mass is 348 g/mol. The summed E-state index contributed by atoms with van der Waals surface area (Å²) in [5.41, 5.74) is 1.99. The number of hydrogen-bond acceptors (Lipinski definition) is 2. The van der Waals surface area contributed by atoms with Gasteiger partial charge in [0, 0.05) is 12.1 Å². The summed E-state index contributed by atoms with van der Waals surface area (Å²) < 4.78 is 13.4. The fraction of sp³-hybridized carbons (Fsp3) is 0.278. The summed E-state index contributed by atoms with van der Waals surface area (Å²) in [5, 5.41) is 12.9. The summed E-state index contributed by atoms with van der Waals surface area (Å²) in [5.74, 6) is -0.212. The minimum atomic E-state index is -0.998. The largest absolute Gasteiger partial charge is 0.465 e. The molecule has 1 fully saturated rings. The summed E-state index contributed by atoms with van der Waals surface area (Å²) in [7, 11) is 0. The van der Waals surface area contributed by atoms with Crippen molar-refractivity contribution in [1.29, 1.82) is 0 Å². The van der Waals surface area contributed by atoms with E-state index in [9.17, 15) is 14.3 Å². The van der Waals surface area contributed by atoms with Crippen LogP contribution in [-0.2, 0) is 0 Å². The van der Waals surface area contributed by atoms with Crippen molar-refractivity contribution in [2.75, 3.05) is 24.5 Å². The second kappa shape index (κ2) is 7.20. The third-order valence-electron chi connectivity index (χ3n) is 4.26. The number of benzene rings is 2. The highest BCUT2D eigenvalue weighted by molar-refractivity contribution is 6.31. The molecule has 0 saturated carbocycles. The second-order valence-corrected chi connectivity index (χ2v) is 6.31. The van der Waals surface area contributed by atoms with Crippen LogP contribution in [-0.4, -0.2) is 30.8 Å². The molecule has 4 nitrogen and oxygen atoms in total. The summed E-state index contributed by atoms with van der Waals surface area (Å²) in [6, 6.07) is 11.6. The molecule has 1 amide bonds. The SMILES string of the molecule is O=C(O)N(CC1CCNC1)c1ccccc1-c1ccc(F)c(Cl)c1. The van der Waals surface area contributed by atoms with Gasteiger partial charge in [-0.3, -0.25) is 4.90 Å². The molecule has 24 heavy (non-hydrogen) atoms. The Morgan fingerprint density at radius 1 is 1.33 bits per heavy atom. The van der Waals surface area contributed by atoms with E-state index in [2.05, 4.69) is 5.32 Å². The molecule has 0 aromatic heterocycles. The van der Waals surface area contributed by atoms with Gasteiger partial charge in [0.2, 0.25) is 0 Å². The van der Waals surface area contributed by atoms with Gasteiger partial charge in [-0.25, -0.2) is 9.18 Å². The van der Waals surface area contributed by atoms with Crippen molar-refractivity contribution in [3.05, 3.63) is 53.3 Å². The van der Waals surface area contributed by atoms with E-state index in [0.717, 1.165) is 19.5 Å². The Morgan fingerprint density at radius 2 is 2.12 bits per heavy atom. The minimum absolute atomic E-state index is 0.0178. The second-order valence-electron chi connectivity index (χ2n) is 5.90. The molecule has 0 aliphatic carbocycles. The number of amides is 1. The number of rotatable bonds is 4. The predicted octanol–water partition coefficient (Wildman–Crippen LogP) is 4.24. The summed E-state index contributed by atoms with van der Waals surface area (Å²) >= 11 is 5.88. The first-order valence-electron chi connectivity index (χ1n) is 7.82. The van der Waals surface area contributed by atoms with E-state index in [0.29, 0.717) is 23.4 Å². The average molecular weight is 349 g/mol. The van der Waals surface area contributed by atoms with Crippen LogP contribution in [0.2, 0.25) is 5.02 Å². The highest BCUT2D eigenvalue weighted by Gasteiger charge is 2.24. The van der Waals surface area contributed by atoms with Gasteiger partial charge in [0.15, 0.2) is 0 Å². The van der Waals surface area contributed by atoms with Gasteiger partial charge in [-0.1, -0.05) is 35.9 Å². The Bertz CT molecular complexity index is 748. The molecule has 0 spiro atoms. The Kier molecular flexibility index (Phi) is 5.02. The normalized spacial score (nSPS) is 17.0. The Hall–Kier alpha value is -2.11. The fourth-order valence-electron chi connectivity index (χ4n) is 3.02. The predicted molar refractivity (Wildman–Crippen MR) is 93.2 cm³/mol. The van der Waals surface area contributed by atoms with Gasteiger partial charge in [0.1, 0.15) is 5.82 Å². The number of carboxylic acid groups (broad SMARTS) is 1. The van der Waals surface area contributed by atoms with Crippen LogP contribution in [0.3, 0.4) is 0 Å². The lowest BCUT2D eigenvalue weighted by atomic mass is 10.0. The van der Waals surface area contributed by atoms with Crippen LogP contribution in [0.4, 0.5) is 14.9 Å². The maximum atomic E-state index is 13.4. The quantitative estimate of drug-likeness (QED) is 0.869. The van der Waals surface area contributed by atoms with E-state index >= 15 is 0 Å². The zero-order valence-electron chi connectivity index (χ0n) is 13.0. The van der Waals surface area contributed by atoms with Crippen molar-refractivity contribution < 1.29 is 14.3 Å². The van der Waals surface area contributed by atoms with E-state index in [1.54, 1.807) is 18.2 Å². The maximum absolute atomic E-state index is 13.4. The van der Waals surface area contributed by atoms with Gasteiger partial charge >= 0.3 is 6.09 Å². The van der Waals surface area contributed by atoms with E-state index in [1.165, 1.54) is 17.0 Å². The number of carbonyl (C=O) groups is 1. The molecule has 3 rings (SSSR count). The molecule has 1 aliphatic rings. The molecule has 1 atom stereocenters. The Balaban J connectivity index is 1.99. The minimum Gasteiger partial charge on any atom is -0.465 e. The van der Waals surface area contributed by atoms with E-state index in [1.807, 2.05) is 12.1 Å². The van der Waals surface area contributed by atoms with Crippen LogP contribution in [0, 0.1) is 11.7 Å². The van der Waals surface area contributed by atoms with Gasteiger partial charge in [0.25, 0.3) is 0 Å². The Labute approximate surface area is 144 Å². The van der Waals surface area contributed by atoms with Crippen molar-refractivity contribution in [2.24, 2.45) is 5.92 Å². The number of nitrogens with zero attached hydrogens (tertiary/aromatic N) is 1. The first-order chi connectivity index (χ1) is 11.6. The lowest BCUT2D eigenvalue weighted by molar-refractivity contribution is 0.200. The molecule has 0 radical (unpaired) electrons. The van der Waals surface area contributed by atoms with Crippen molar-refractivity contribution in [3.8, 4) is 11.1 Å². The number of hydrogen-bond donors (Lipinski definition) is 2. The maximum Gasteiger partial charge on any atom is 0.411 e. The first-order valence-corrected chi connectivity index (χ1v) is 8.19. The molecule has 6 heteroatoms. The van der Waals surface area contributed by atoms with Crippen LogP contribution < -0.4 is 10.2 Å². The molecular weight excluding hydrogens is 331 g/mol. The summed E-state index contributed by atoms with van der Waals surface area (Å²) in [6.07, 6.45) is -0.0449. The molecule has 1 aliphatic heterocycles.